The topological polar surface area (TPSA) is 43.4 Å². The molecular weight excluding hydrogens is 338 g/mol. The summed E-state index contributed by atoms with van der Waals surface area (Å²) >= 11 is 0. The molecule has 1 aromatic carbocycles. The lowest BCUT2D eigenvalue weighted by atomic mass is 9.90. The van der Waals surface area contributed by atoms with Crippen molar-refractivity contribution < 1.29 is 38.9 Å². The van der Waals surface area contributed by atoms with Crippen molar-refractivity contribution in [2.75, 3.05) is 6.61 Å². The van der Waals surface area contributed by atoms with E-state index in [1.807, 2.05) is 0 Å². The summed E-state index contributed by atoms with van der Waals surface area (Å²) in [4.78, 5) is -0.523. The van der Waals surface area contributed by atoms with Gasteiger partial charge < -0.3 is 0 Å². The zero-order chi connectivity index (χ0) is 17.4. The largest absolute Gasteiger partial charge is 0.405 e. The van der Waals surface area contributed by atoms with Gasteiger partial charge >= 0.3 is 12.4 Å². The van der Waals surface area contributed by atoms with Crippen LogP contribution in [0.15, 0.2) is 29.2 Å². The van der Waals surface area contributed by atoms with Gasteiger partial charge in [0.15, 0.2) is 5.41 Å². The van der Waals surface area contributed by atoms with Crippen LogP contribution in [0.2, 0.25) is 0 Å². The molecule has 10 heteroatoms. The fraction of sp³-hybridized carbons (Fsp3) is 0.500. The fourth-order valence-electron chi connectivity index (χ4n) is 1.29. The summed E-state index contributed by atoms with van der Waals surface area (Å²) in [6, 6.07) is 4.73. The number of alkyl halides is 6. The first kappa shape index (κ1) is 18.8. The van der Waals surface area contributed by atoms with E-state index in [1.54, 1.807) is 6.92 Å². The molecule has 0 heterocycles. The van der Waals surface area contributed by atoms with Crippen LogP contribution in [-0.4, -0.2) is 27.4 Å². The van der Waals surface area contributed by atoms with Crippen molar-refractivity contribution in [2.24, 2.45) is 5.41 Å². The van der Waals surface area contributed by atoms with Crippen molar-refractivity contribution >= 4 is 10.1 Å². The molecule has 0 radical (unpaired) electrons. The predicted molar refractivity (Wildman–Crippen MR) is 64.5 cm³/mol. The summed E-state index contributed by atoms with van der Waals surface area (Å²) in [5, 5.41) is 0. The summed E-state index contributed by atoms with van der Waals surface area (Å²) < 4.78 is 103. The summed E-state index contributed by atoms with van der Waals surface area (Å²) in [6.45, 7) is -0.616. The SMILES string of the molecule is Cc1ccc(S(=O)(=O)OCC(C)(C(F)(F)F)C(F)(F)F)cc1. The second-order valence-corrected chi connectivity index (χ2v) is 6.47. The average Bonchev–Trinajstić information content (AvgIpc) is 2.33. The Morgan fingerprint density at radius 3 is 1.73 bits per heavy atom. The Bertz CT molecular complexity index is 602. The normalized spacial score (nSPS) is 14.2. The molecule has 1 rings (SSSR count). The van der Waals surface area contributed by atoms with Crippen LogP contribution in [0.25, 0.3) is 0 Å². The number of halogens is 6. The first-order chi connectivity index (χ1) is 9.71. The molecule has 0 saturated heterocycles. The van der Waals surface area contributed by atoms with Crippen LogP contribution >= 0.6 is 0 Å². The van der Waals surface area contributed by atoms with E-state index < -0.39 is 39.4 Å². The molecule has 0 aromatic heterocycles. The first-order valence-corrected chi connectivity index (χ1v) is 7.21. The molecule has 0 atom stereocenters. The highest BCUT2D eigenvalue weighted by Gasteiger charge is 2.68. The third-order valence-electron chi connectivity index (χ3n) is 3.06. The van der Waals surface area contributed by atoms with Gasteiger partial charge in [-0.15, -0.1) is 0 Å². The van der Waals surface area contributed by atoms with Gasteiger partial charge in [-0.05, 0) is 26.0 Å². The molecule has 22 heavy (non-hydrogen) atoms. The van der Waals surface area contributed by atoms with Crippen LogP contribution in [0.1, 0.15) is 12.5 Å². The number of aryl methyl sites for hydroxylation is 1. The number of hydrogen-bond acceptors (Lipinski definition) is 3. The van der Waals surface area contributed by atoms with Gasteiger partial charge in [-0.3, -0.25) is 4.18 Å². The highest BCUT2D eigenvalue weighted by molar-refractivity contribution is 7.86. The lowest BCUT2D eigenvalue weighted by Crippen LogP contribution is -2.51. The molecule has 0 bridgehead atoms. The van der Waals surface area contributed by atoms with Crippen molar-refractivity contribution in [3.05, 3.63) is 29.8 Å². The molecule has 126 valence electrons. The minimum atomic E-state index is -5.71. The number of hydrogen-bond donors (Lipinski definition) is 0. The molecule has 0 fully saturated rings. The molecule has 0 N–H and O–H groups in total. The van der Waals surface area contributed by atoms with E-state index in [9.17, 15) is 34.8 Å². The Hall–Kier alpha value is -1.29. The molecule has 0 amide bonds. The minimum Gasteiger partial charge on any atom is -0.265 e. The Morgan fingerprint density at radius 1 is 0.955 bits per heavy atom. The molecule has 1 aromatic rings. The van der Waals surface area contributed by atoms with Gasteiger partial charge in [0, 0.05) is 0 Å². The molecule has 0 saturated carbocycles. The maximum atomic E-state index is 12.6. The van der Waals surface area contributed by atoms with E-state index in [0.29, 0.717) is 5.56 Å². The van der Waals surface area contributed by atoms with Crippen molar-refractivity contribution in [1.29, 1.82) is 0 Å². The van der Waals surface area contributed by atoms with E-state index in [1.165, 1.54) is 12.1 Å². The second kappa shape index (κ2) is 5.73. The predicted octanol–water partition coefficient (Wildman–Crippen LogP) is 3.83. The summed E-state index contributed by atoms with van der Waals surface area (Å²) in [7, 11) is -4.73. The van der Waals surface area contributed by atoms with Gasteiger partial charge in [-0.1, -0.05) is 17.7 Å². The van der Waals surface area contributed by atoms with Crippen LogP contribution in [0.3, 0.4) is 0 Å². The molecule has 3 nitrogen and oxygen atoms in total. The van der Waals surface area contributed by atoms with Gasteiger partial charge in [-0.25, -0.2) is 0 Å². The average molecular weight is 350 g/mol. The monoisotopic (exact) mass is 350 g/mol. The van der Waals surface area contributed by atoms with E-state index in [-0.39, 0.29) is 6.92 Å². The highest BCUT2D eigenvalue weighted by Crippen LogP contribution is 2.50. The third kappa shape index (κ3) is 3.72. The van der Waals surface area contributed by atoms with Gasteiger partial charge in [0.2, 0.25) is 0 Å². The standard InChI is InChI=1S/C12H12F6O3S/c1-8-3-5-9(6-4-8)22(19,20)21-7-10(2,11(13,14)15)12(16,17)18/h3-6H,7H2,1-2H3. The van der Waals surface area contributed by atoms with Crippen LogP contribution in [-0.2, 0) is 14.3 Å². The number of rotatable bonds is 4. The molecule has 0 aliphatic carbocycles. The van der Waals surface area contributed by atoms with Gasteiger partial charge in [-0.2, -0.15) is 34.8 Å². The van der Waals surface area contributed by atoms with E-state index >= 15 is 0 Å². The smallest absolute Gasteiger partial charge is 0.265 e. The molecule has 0 spiro atoms. The summed E-state index contributed by atoms with van der Waals surface area (Å²) in [5.41, 5.74) is -3.63. The lowest BCUT2D eigenvalue weighted by Gasteiger charge is -2.33. The van der Waals surface area contributed by atoms with E-state index in [0.717, 1.165) is 12.1 Å². The maximum Gasteiger partial charge on any atom is 0.405 e. The number of benzene rings is 1. The summed E-state index contributed by atoms with van der Waals surface area (Å²) in [5.74, 6) is 0. The third-order valence-corrected chi connectivity index (χ3v) is 4.34. The van der Waals surface area contributed by atoms with Crippen molar-refractivity contribution in [2.45, 2.75) is 31.1 Å². The molecule has 0 aliphatic heterocycles. The fourth-order valence-corrected chi connectivity index (χ4v) is 2.29. The van der Waals surface area contributed by atoms with Crippen LogP contribution in [0.5, 0.6) is 0 Å². The Labute approximate surface area is 123 Å². The quantitative estimate of drug-likeness (QED) is 0.612. The Kier molecular flexibility index (Phi) is 4.88. The summed E-state index contributed by atoms with van der Waals surface area (Å²) in [6.07, 6.45) is -11.4. The Balaban J connectivity index is 3.06. The lowest BCUT2D eigenvalue weighted by molar-refractivity contribution is -0.340. The van der Waals surface area contributed by atoms with Gasteiger partial charge in [0.25, 0.3) is 10.1 Å². The Morgan fingerprint density at radius 2 is 1.36 bits per heavy atom. The second-order valence-electron chi connectivity index (χ2n) is 4.86. The van der Waals surface area contributed by atoms with Crippen molar-refractivity contribution in [3.63, 3.8) is 0 Å². The van der Waals surface area contributed by atoms with Crippen LogP contribution in [0.4, 0.5) is 26.3 Å². The maximum absolute atomic E-state index is 12.6. The van der Waals surface area contributed by atoms with Gasteiger partial charge in [0.05, 0.1) is 11.5 Å². The van der Waals surface area contributed by atoms with E-state index in [4.69, 9.17) is 0 Å². The zero-order valence-corrected chi connectivity index (χ0v) is 12.2. The van der Waals surface area contributed by atoms with Crippen molar-refractivity contribution in [1.82, 2.24) is 0 Å². The molecule has 0 aliphatic rings. The van der Waals surface area contributed by atoms with Crippen LogP contribution < -0.4 is 0 Å². The zero-order valence-electron chi connectivity index (χ0n) is 11.4. The molecular formula is C12H12F6O3S. The van der Waals surface area contributed by atoms with Gasteiger partial charge in [0.1, 0.15) is 0 Å². The molecule has 0 unspecified atom stereocenters. The highest BCUT2D eigenvalue weighted by atomic mass is 32.2. The first-order valence-electron chi connectivity index (χ1n) is 5.80. The minimum absolute atomic E-state index is 0.155. The van der Waals surface area contributed by atoms with Crippen LogP contribution in [0, 0.1) is 12.3 Å². The van der Waals surface area contributed by atoms with Crippen molar-refractivity contribution in [3.8, 4) is 0 Å². The van der Waals surface area contributed by atoms with E-state index in [2.05, 4.69) is 4.18 Å².